The summed E-state index contributed by atoms with van der Waals surface area (Å²) in [5, 5.41) is 4.42. The van der Waals surface area contributed by atoms with E-state index < -0.39 is 0 Å². The van der Waals surface area contributed by atoms with Crippen LogP contribution < -0.4 is 5.73 Å². The number of hydrogen-bond acceptors (Lipinski definition) is 4. The molecule has 0 aromatic carbocycles. The Labute approximate surface area is 107 Å². The summed E-state index contributed by atoms with van der Waals surface area (Å²) in [4.78, 5) is 6.94. The van der Waals surface area contributed by atoms with E-state index in [1.54, 1.807) is 6.20 Å². The van der Waals surface area contributed by atoms with E-state index in [9.17, 15) is 0 Å². The summed E-state index contributed by atoms with van der Waals surface area (Å²) in [7, 11) is 2.15. The van der Waals surface area contributed by atoms with Crippen molar-refractivity contribution in [2.75, 3.05) is 13.6 Å². The Kier molecular flexibility index (Phi) is 2.80. The molecule has 96 valence electrons. The molecule has 1 aliphatic heterocycles. The molecule has 5 nitrogen and oxygen atoms in total. The summed E-state index contributed by atoms with van der Waals surface area (Å²) in [6.07, 6.45) is 3.85. The number of nitrogens with two attached hydrogens (primary N) is 1. The second-order valence-corrected chi connectivity index (χ2v) is 5.16. The summed E-state index contributed by atoms with van der Waals surface area (Å²) in [6.45, 7) is 3.09. The van der Waals surface area contributed by atoms with Gasteiger partial charge in [-0.2, -0.15) is 5.10 Å². The average Bonchev–Trinajstić information content (AvgIpc) is 2.68. The standard InChI is InChI=1S/C13H19N5/c1-9-13(11-8-10(14)5-7-17(11)2)18-12(16-9)4-3-6-15-18/h3-4,6,10-11H,5,7-8,14H2,1-2H3. The lowest BCUT2D eigenvalue weighted by Crippen LogP contribution is -2.40. The molecule has 0 amide bonds. The Bertz CT molecular complexity index is 562. The quantitative estimate of drug-likeness (QED) is 0.818. The maximum absolute atomic E-state index is 6.11. The lowest BCUT2D eigenvalue weighted by Gasteiger charge is -2.35. The van der Waals surface area contributed by atoms with Crippen molar-refractivity contribution in [3.05, 3.63) is 29.7 Å². The number of nitrogens with zero attached hydrogens (tertiary/aromatic N) is 4. The van der Waals surface area contributed by atoms with Crippen LogP contribution in [0.5, 0.6) is 0 Å². The maximum Gasteiger partial charge on any atom is 0.154 e. The van der Waals surface area contributed by atoms with E-state index in [1.165, 1.54) is 5.69 Å². The van der Waals surface area contributed by atoms with E-state index in [0.29, 0.717) is 6.04 Å². The van der Waals surface area contributed by atoms with Gasteiger partial charge in [0.15, 0.2) is 5.65 Å². The van der Waals surface area contributed by atoms with Gasteiger partial charge in [-0.3, -0.25) is 4.90 Å². The number of likely N-dealkylation sites (tertiary alicyclic amines) is 1. The van der Waals surface area contributed by atoms with Gasteiger partial charge in [0.2, 0.25) is 0 Å². The van der Waals surface area contributed by atoms with Crippen molar-refractivity contribution in [1.29, 1.82) is 0 Å². The normalized spacial score (nSPS) is 25.7. The number of aryl methyl sites for hydroxylation is 1. The van der Waals surface area contributed by atoms with Gasteiger partial charge in [-0.05, 0) is 45.5 Å². The Morgan fingerprint density at radius 3 is 3.11 bits per heavy atom. The first-order valence-corrected chi connectivity index (χ1v) is 6.43. The van der Waals surface area contributed by atoms with Crippen molar-refractivity contribution in [1.82, 2.24) is 19.5 Å². The molecule has 0 bridgehead atoms. The van der Waals surface area contributed by atoms with Crippen LogP contribution in [0.2, 0.25) is 0 Å². The van der Waals surface area contributed by atoms with Crippen LogP contribution in [0.4, 0.5) is 0 Å². The number of rotatable bonds is 1. The lowest BCUT2D eigenvalue weighted by atomic mass is 9.95. The van der Waals surface area contributed by atoms with Gasteiger partial charge in [-0.1, -0.05) is 0 Å². The minimum Gasteiger partial charge on any atom is -0.328 e. The fourth-order valence-corrected chi connectivity index (χ4v) is 2.83. The second-order valence-electron chi connectivity index (χ2n) is 5.16. The van der Waals surface area contributed by atoms with Gasteiger partial charge in [0, 0.05) is 12.2 Å². The monoisotopic (exact) mass is 245 g/mol. The fraction of sp³-hybridized carbons (Fsp3) is 0.538. The van der Waals surface area contributed by atoms with Crippen LogP contribution in [0.1, 0.15) is 30.3 Å². The Balaban J connectivity index is 2.10. The molecular formula is C13H19N5. The van der Waals surface area contributed by atoms with Gasteiger partial charge < -0.3 is 5.73 Å². The third-order valence-electron chi connectivity index (χ3n) is 3.84. The molecule has 2 N–H and O–H groups in total. The number of piperidine rings is 1. The fourth-order valence-electron chi connectivity index (χ4n) is 2.83. The zero-order valence-electron chi connectivity index (χ0n) is 10.9. The third-order valence-corrected chi connectivity index (χ3v) is 3.84. The van der Waals surface area contributed by atoms with Crippen molar-refractivity contribution in [3.8, 4) is 0 Å². The highest BCUT2D eigenvalue weighted by Crippen LogP contribution is 2.31. The van der Waals surface area contributed by atoms with Crippen molar-refractivity contribution in [3.63, 3.8) is 0 Å². The molecule has 1 saturated heterocycles. The van der Waals surface area contributed by atoms with E-state index in [-0.39, 0.29) is 6.04 Å². The van der Waals surface area contributed by atoms with E-state index in [1.807, 2.05) is 16.6 Å². The van der Waals surface area contributed by atoms with Crippen LogP contribution in [0.25, 0.3) is 5.65 Å². The first-order chi connectivity index (χ1) is 8.66. The van der Waals surface area contributed by atoms with E-state index >= 15 is 0 Å². The zero-order chi connectivity index (χ0) is 12.7. The first-order valence-electron chi connectivity index (χ1n) is 6.43. The number of fused-ring (bicyclic) bond motifs is 1. The average molecular weight is 245 g/mol. The smallest absolute Gasteiger partial charge is 0.154 e. The number of aromatic nitrogens is 3. The molecule has 0 aliphatic carbocycles. The highest BCUT2D eigenvalue weighted by atomic mass is 15.3. The van der Waals surface area contributed by atoms with Crippen molar-refractivity contribution < 1.29 is 0 Å². The zero-order valence-corrected chi connectivity index (χ0v) is 10.9. The van der Waals surface area contributed by atoms with Crippen LogP contribution in [-0.2, 0) is 0 Å². The Morgan fingerprint density at radius 1 is 1.44 bits per heavy atom. The molecule has 0 spiro atoms. The molecule has 1 fully saturated rings. The van der Waals surface area contributed by atoms with E-state index in [4.69, 9.17) is 5.73 Å². The van der Waals surface area contributed by atoms with Crippen LogP contribution >= 0.6 is 0 Å². The predicted octanol–water partition coefficient (Wildman–Crippen LogP) is 1.13. The minimum atomic E-state index is 0.278. The summed E-state index contributed by atoms with van der Waals surface area (Å²) in [6, 6.07) is 4.51. The number of imidazole rings is 1. The summed E-state index contributed by atoms with van der Waals surface area (Å²) in [5.74, 6) is 0. The SMILES string of the molecule is Cc1nc2cccnn2c1C1CC(N)CCN1C. The molecule has 3 rings (SSSR count). The van der Waals surface area contributed by atoms with Gasteiger partial charge in [0.05, 0.1) is 17.4 Å². The van der Waals surface area contributed by atoms with E-state index in [2.05, 4.69) is 29.0 Å². The summed E-state index contributed by atoms with van der Waals surface area (Å²) < 4.78 is 1.95. The molecule has 18 heavy (non-hydrogen) atoms. The molecule has 0 radical (unpaired) electrons. The largest absolute Gasteiger partial charge is 0.328 e. The third kappa shape index (κ3) is 1.79. The predicted molar refractivity (Wildman–Crippen MR) is 70.3 cm³/mol. The van der Waals surface area contributed by atoms with Crippen LogP contribution in [0.15, 0.2) is 18.3 Å². The molecular weight excluding hydrogens is 226 g/mol. The molecule has 1 aliphatic rings. The molecule has 0 saturated carbocycles. The number of hydrogen-bond donors (Lipinski definition) is 1. The topological polar surface area (TPSA) is 59.5 Å². The highest BCUT2D eigenvalue weighted by molar-refractivity contribution is 5.41. The molecule has 5 heteroatoms. The molecule has 2 unspecified atom stereocenters. The first kappa shape index (κ1) is 11.6. The van der Waals surface area contributed by atoms with Gasteiger partial charge in [-0.25, -0.2) is 9.50 Å². The van der Waals surface area contributed by atoms with Gasteiger partial charge in [0.1, 0.15) is 0 Å². The molecule has 2 aromatic heterocycles. The van der Waals surface area contributed by atoms with E-state index in [0.717, 1.165) is 30.7 Å². The second kappa shape index (κ2) is 4.33. The van der Waals surface area contributed by atoms with Crippen molar-refractivity contribution in [2.45, 2.75) is 31.8 Å². The minimum absolute atomic E-state index is 0.278. The molecule has 3 heterocycles. The Morgan fingerprint density at radius 2 is 2.28 bits per heavy atom. The van der Waals surface area contributed by atoms with Gasteiger partial charge in [0.25, 0.3) is 0 Å². The van der Waals surface area contributed by atoms with Crippen LogP contribution in [0.3, 0.4) is 0 Å². The summed E-state index contributed by atoms with van der Waals surface area (Å²) >= 11 is 0. The summed E-state index contributed by atoms with van der Waals surface area (Å²) in [5.41, 5.74) is 9.26. The van der Waals surface area contributed by atoms with Crippen LogP contribution in [-0.4, -0.2) is 39.1 Å². The molecule has 2 aromatic rings. The van der Waals surface area contributed by atoms with Gasteiger partial charge in [-0.15, -0.1) is 0 Å². The van der Waals surface area contributed by atoms with Gasteiger partial charge >= 0.3 is 0 Å². The lowest BCUT2D eigenvalue weighted by molar-refractivity contribution is 0.165. The highest BCUT2D eigenvalue weighted by Gasteiger charge is 2.29. The van der Waals surface area contributed by atoms with Crippen molar-refractivity contribution in [2.24, 2.45) is 5.73 Å². The maximum atomic E-state index is 6.11. The van der Waals surface area contributed by atoms with Crippen LogP contribution in [0, 0.1) is 6.92 Å². The Hall–Kier alpha value is -1.46. The molecule has 2 atom stereocenters. The van der Waals surface area contributed by atoms with Crippen molar-refractivity contribution >= 4 is 5.65 Å².